The van der Waals surface area contributed by atoms with Gasteiger partial charge in [-0.05, 0) is 78.6 Å². The van der Waals surface area contributed by atoms with Gasteiger partial charge in [-0.15, -0.1) is 5.10 Å². The maximum Gasteiger partial charge on any atom is 0.224 e. The number of carbonyl (C=O) groups excluding carboxylic acids is 2. The van der Waals surface area contributed by atoms with E-state index in [0.29, 0.717) is 17.3 Å². The molecule has 1 aliphatic rings. The van der Waals surface area contributed by atoms with Crippen LogP contribution in [0.3, 0.4) is 0 Å². The summed E-state index contributed by atoms with van der Waals surface area (Å²) in [5.74, 6) is 0.535. The van der Waals surface area contributed by atoms with E-state index in [9.17, 15) is 9.59 Å². The van der Waals surface area contributed by atoms with Crippen molar-refractivity contribution in [3.05, 3.63) is 59.2 Å². The van der Waals surface area contributed by atoms with Gasteiger partial charge in [-0.2, -0.15) is 0 Å². The molecule has 2 aromatic carbocycles. The molecule has 4 rings (SSSR count). The minimum Gasteiger partial charge on any atom is -0.326 e. The number of hydrogen-bond acceptors (Lipinski definition) is 5. The highest BCUT2D eigenvalue weighted by atomic mass is 16.2. The van der Waals surface area contributed by atoms with Crippen LogP contribution in [0.1, 0.15) is 53.2 Å². The lowest BCUT2D eigenvalue weighted by molar-refractivity contribution is -0.116. The third kappa shape index (κ3) is 4.39. The van der Waals surface area contributed by atoms with Gasteiger partial charge in [-0.25, -0.2) is 4.68 Å². The van der Waals surface area contributed by atoms with Gasteiger partial charge in [0, 0.05) is 29.7 Å². The lowest BCUT2D eigenvalue weighted by Gasteiger charge is -2.07. The van der Waals surface area contributed by atoms with Crippen LogP contribution in [0.15, 0.2) is 42.5 Å². The first-order chi connectivity index (χ1) is 14.0. The Balaban J connectivity index is 1.33. The summed E-state index contributed by atoms with van der Waals surface area (Å²) in [6, 6.07) is 13.5. The minimum atomic E-state index is -0.183. The van der Waals surface area contributed by atoms with Crippen LogP contribution in [0.4, 0.5) is 5.69 Å². The number of anilines is 1. The summed E-state index contributed by atoms with van der Waals surface area (Å²) < 4.78 is 1.85. The van der Waals surface area contributed by atoms with E-state index in [1.807, 2.05) is 61.0 Å². The van der Waals surface area contributed by atoms with Crippen molar-refractivity contribution in [1.82, 2.24) is 20.2 Å². The van der Waals surface area contributed by atoms with E-state index in [4.69, 9.17) is 0 Å². The zero-order valence-electron chi connectivity index (χ0n) is 16.6. The summed E-state index contributed by atoms with van der Waals surface area (Å²) in [5.41, 5.74) is 4.47. The summed E-state index contributed by atoms with van der Waals surface area (Å²) in [6.07, 6.45) is 2.54. The fourth-order valence-electron chi connectivity index (χ4n) is 3.16. The molecule has 0 unspecified atom stereocenters. The Kier molecular flexibility index (Phi) is 5.20. The highest BCUT2D eigenvalue weighted by molar-refractivity contribution is 6.00. The van der Waals surface area contributed by atoms with Crippen molar-refractivity contribution in [3.8, 4) is 11.4 Å². The van der Waals surface area contributed by atoms with Gasteiger partial charge in [0.05, 0.1) is 6.04 Å². The van der Waals surface area contributed by atoms with E-state index in [1.54, 1.807) is 0 Å². The molecule has 1 amide bonds. The molecular weight excluding hydrogens is 366 g/mol. The van der Waals surface area contributed by atoms with Crippen LogP contribution in [-0.2, 0) is 4.79 Å². The molecule has 0 bridgehead atoms. The van der Waals surface area contributed by atoms with Gasteiger partial charge >= 0.3 is 0 Å². The smallest absolute Gasteiger partial charge is 0.224 e. The van der Waals surface area contributed by atoms with Crippen molar-refractivity contribution in [2.24, 2.45) is 0 Å². The first kappa shape index (κ1) is 19.0. The van der Waals surface area contributed by atoms with Gasteiger partial charge in [-0.3, -0.25) is 9.59 Å². The Hall–Kier alpha value is -3.35. The molecule has 29 heavy (non-hydrogen) atoms. The Morgan fingerprint density at radius 3 is 2.48 bits per heavy atom. The zero-order valence-corrected chi connectivity index (χ0v) is 16.6. The number of aromatic nitrogens is 4. The van der Waals surface area contributed by atoms with Gasteiger partial charge in [-0.1, -0.05) is 12.1 Å². The Bertz CT molecular complexity index is 1050. The van der Waals surface area contributed by atoms with Crippen molar-refractivity contribution in [2.45, 2.75) is 45.6 Å². The van der Waals surface area contributed by atoms with E-state index in [0.717, 1.165) is 35.4 Å². The molecule has 1 fully saturated rings. The number of Topliss-reactive ketones (excluding diaryl/α,β-unsaturated/α-hetero) is 1. The topological polar surface area (TPSA) is 89.8 Å². The lowest BCUT2D eigenvalue weighted by Crippen LogP contribution is -2.13. The first-order valence-electron chi connectivity index (χ1n) is 9.80. The predicted molar refractivity (Wildman–Crippen MR) is 110 cm³/mol. The number of tetrazole rings is 1. The van der Waals surface area contributed by atoms with Crippen LogP contribution in [0.25, 0.3) is 11.4 Å². The van der Waals surface area contributed by atoms with Crippen molar-refractivity contribution < 1.29 is 9.59 Å². The second kappa shape index (κ2) is 7.95. The maximum absolute atomic E-state index is 12.3. The van der Waals surface area contributed by atoms with E-state index < -0.39 is 0 Å². The van der Waals surface area contributed by atoms with Crippen LogP contribution in [0, 0.1) is 13.8 Å². The van der Waals surface area contributed by atoms with Crippen LogP contribution >= 0.6 is 0 Å². The molecule has 0 aliphatic heterocycles. The highest BCUT2D eigenvalue weighted by Gasteiger charge is 2.28. The summed E-state index contributed by atoms with van der Waals surface area (Å²) in [6.45, 7) is 3.99. The van der Waals surface area contributed by atoms with Gasteiger partial charge in [0.15, 0.2) is 11.6 Å². The van der Waals surface area contributed by atoms with Gasteiger partial charge in [0.1, 0.15) is 0 Å². The molecule has 1 N–H and O–H groups in total. The molecule has 3 aromatic rings. The molecule has 1 saturated carbocycles. The quantitative estimate of drug-likeness (QED) is 0.619. The van der Waals surface area contributed by atoms with E-state index in [-0.39, 0.29) is 24.5 Å². The standard InChI is InChI=1S/C22H23N5O2/c1-14-3-4-17(13-15(14)2)20(28)11-12-21(29)23-18-7-5-16(6-8-18)22-24-25-26-27(22)19-9-10-19/h3-8,13,19H,9-12H2,1-2H3,(H,23,29). The summed E-state index contributed by atoms with van der Waals surface area (Å²) >= 11 is 0. The Morgan fingerprint density at radius 1 is 1.03 bits per heavy atom. The van der Waals surface area contributed by atoms with E-state index in [2.05, 4.69) is 20.8 Å². The monoisotopic (exact) mass is 389 g/mol. The second-order valence-electron chi connectivity index (χ2n) is 7.53. The number of carbonyl (C=O) groups is 2. The fourth-order valence-corrected chi connectivity index (χ4v) is 3.16. The largest absolute Gasteiger partial charge is 0.326 e. The Labute approximate surface area is 169 Å². The third-order valence-electron chi connectivity index (χ3n) is 5.22. The first-order valence-corrected chi connectivity index (χ1v) is 9.80. The van der Waals surface area contributed by atoms with Crippen LogP contribution in [-0.4, -0.2) is 31.9 Å². The predicted octanol–water partition coefficient (Wildman–Crippen LogP) is 3.89. The van der Waals surface area contributed by atoms with E-state index in [1.165, 1.54) is 0 Å². The molecule has 7 nitrogen and oxygen atoms in total. The van der Waals surface area contributed by atoms with Crippen molar-refractivity contribution in [1.29, 1.82) is 0 Å². The van der Waals surface area contributed by atoms with Crippen molar-refractivity contribution >= 4 is 17.4 Å². The van der Waals surface area contributed by atoms with Gasteiger partial charge < -0.3 is 5.32 Å². The normalized spacial score (nSPS) is 13.3. The molecule has 0 atom stereocenters. The molecule has 0 spiro atoms. The zero-order chi connectivity index (χ0) is 20.4. The number of aryl methyl sites for hydroxylation is 2. The average molecular weight is 389 g/mol. The molecule has 1 aromatic heterocycles. The molecule has 1 heterocycles. The van der Waals surface area contributed by atoms with Gasteiger partial charge in [0.2, 0.25) is 5.91 Å². The highest BCUT2D eigenvalue weighted by Crippen LogP contribution is 2.36. The molecule has 1 aliphatic carbocycles. The number of nitrogens with one attached hydrogen (secondary N) is 1. The SMILES string of the molecule is Cc1ccc(C(=O)CCC(=O)Nc2ccc(-c3nnnn3C3CC3)cc2)cc1C. The van der Waals surface area contributed by atoms with Crippen LogP contribution in [0.2, 0.25) is 0 Å². The molecular formula is C22H23N5O2. The van der Waals surface area contributed by atoms with E-state index >= 15 is 0 Å². The summed E-state index contributed by atoms with van der Waals surface area (Å²) in [5, 5.41) is 14.8. The second-order valence-corrected chi connectivity index (χ2v) is 7.53. The lowest BCUT2D eigenvalue weighted by atomic mass is 10.0. The summed E-state index contributed by atoms with van der Waals surface area (Å²) in [7, 11) is 0. The molecule has 0 radical (unpaired) electrons. The Morgan fingerprint density at radius 2 is 1.79 bits per heavy atom. The third-order valence-corrected chi connectivity index (χ3v) is 5.22. The fraction of sp³-hybridized carbons (Fsp3) is 0.318. The minimum absolute atomic E-state index is 0.0227. The number of ketones is 1. The average Bonchev–Trinajstić information content (AvgIpc) is 3.45. The molecule has 0 saturated heterocycles. The van der Waals surface area contributed by atoms with Crippen molar-refractivity contribution in [3.63, 3.8) is 0 Å². The number of rotatable bonds is 7. The summed E-state index contributed by atoms with van der Waals surface area (Å²) in [4.78, 5) is 24.6. The number of hydrogen-bond donors (Lipinski definition) is 1. The number of benzene rings is 2. The number of nitrogens with zero attached hydrogens (tertiary/aromatic N) is 4. The van der Waals surface area contributed by atoms with Crippen LogP contribution in [0.5, 0.6) is 0 Å². The van der Waals surface area contributed by atoms with Gasteiger partial charge in [0.25, 0.3) is 0 Å². The van der Waals surface area contributed by atoms with Crippen molar-refractivity contribution in [2.75, 3.05) is 5.32 Å². The molecule has 148 valence electrons. The van der Waals surface area contributed by atoms with Crippen LogP contribution < -0.4 is 5.32 Å². The maximum atomic E-state index is 12.3. The molecule has 7 heteroatoms. The number of amides is 1.